The minimum absolute atomic E-state index is 0.459. The van der Waals surface area contributed by atoms with E-state index in [1.807, 2.05) is 0 Å². The van der Waals surface area contributed by atoms with Crippen molar-refractivity contribution in [2.24, 2.45) is 5.41 Å². The summed E-state index contributed by atoms with van der Waals surface area (Å²) in [5, 5.41) is 3.56. The van der Waals surface area contributed by atoms with Crippen LogP contribution in [0.2, 0.25) is 0 Å². The van der Waals surface area contributed by atoms with Gasteiger partial charge in [0.25, 0.3) is 0 Å². The number of piperidine rings is 1. The summed E-state index contributed by atoms with van der Waals surface area (Å²) < 4.78 is 31.6. The molecule has 0 saturated carbocycles. The molecule has 5 nitrogen and oxygen atoms in total. The summed E-state index contributed by atoms with van der Waals surface area (Å²) in [5.74, 6) is 0. The van der Waals surface area contributed by atoms with Crippen molar-refractivity contribution in [2.45, 2.75) is 46.1 Å². The molecule has 1 aliphatic rings. The highest BCUT2D eigenvalue weighted by molar-refractivity contribution is 7.79. The second-order valence-corrected chi connectivity index (χ2v) is 5.71. The molecule has 0 aromatic carbocycles. The summed E-state index contributed by atoms with van der Waals surface area (Å²) in [7, 11) is -4.67. The van der Waals surface area contributed by atoms with Crippen molar-refractivity contribution in [3.63, 3.8) is 0 Å². The van der Waals surface area contributed by atoms with Crippen LogP contribution in [0, 0.1) is 5.41 Å². The van der Waals surface area contributed by atoms with Gasteiger partial charge in [-0.05, 0) is 24.8 Å². The molecule has 0 aromatic heterocycles. The quantitative estimate of drug-likeness (QED) is 0.558. The molecule has 1 unspecified atom stereocenters. The summed E-state index contributed by atoms with van der Waals surface area (Å²) in [4.78, 5) is 0. The van der Waals surface area contributed by atoms with E-state index in [0.717, 1.165) is 6.04 Å². The molecule has 15 heavy (non-hydrogen) atoms. The van der Waals surface area contributed by atoms with Crippen LogP contribution in [0.3, 0.4) is 0 Å². The second kappa shape index (κ2) is 5.79. The van der Waals surface area contributed by atoms with Crippen molar-refractivity contribution in [1.29, 1.82) is 0 Å². The first-order chi connectivity index (χ1) is 6.61. The number of rotatable bonds is 0. The van der Waals surface area contributed by atoms with Crippen LogP contribution in [-0.2, 0) is 10.4 Å². The van der Waals surface area contributed by atoms with Crippen LogP contribution in [-0.4, -0.2) is 30.1 Å². The highest BCUT2D eigenvalue weighted by atomic mass is 32.3. The summed E-state index contributed by atoms with van der Waals surface area (Å²) in [6, 6.07) is 0.751. The van der Waals surface area contributed by atoms with Gasteiger partial charge in [0.1, 0.15) is 0 Å². The molecule has 6 heteroatoms. The Hall–Kier alpha value is -0.170. The van der Waals surface area contributed by atoms with Crippen molar-refractivity contribution < 1.29 is 17.5 Å². The van der Waals surface area contributed by atoms with E-state index in [1.165, 1.54) is 25.8 Å². The fourth-order valence-corrected chi connectivity index (χ4v) is 1.59. The average Bonchev–Trinajstić information content (AvgIpc) is 2.01. The van der Waals surface area contributed by atoms with Gasteiger partial charge < -0.3 is 5.32 Å². The van der Waals surface area contributed by atoms with Gasteiger partial charge in [-0.3, -0.25) is 9.11 Å². The van der Waals surface area contributed by atoms with E-state index < -0.39 is 10.4 Å². The van der Waals surface area contributed by atoms with Crippen molar-refractivity contribution >= 4 is 10.4 Å². The molecule has 1 atom stereocenters. The Labute approximate surface area is 91.8 Å². The normalized spacial score (nSPS) is 22.9. The third kappa shape index (κ3) is 10.1. The fourth-order valence-electron chi connectivity index (χ4n) is 1.59. The zero-order valence-corrected chi connectivity index (χ0v) is 10.3. The second-order valence-electron chi connectivity index (χ2n) is 4.82. The Morgan fingerprint density at radius 2 is 1.67 bits per heavy atom. The number of nitrogens with one attached hydrogen (secondary N) is 1. The van der Waals surface area contributed by atoms with Gasteiger partial charge in [-0.25, -0.2) is 0 Å². The van der Waals surface area contributed by atoms with Gasteiger partial charge in [0, 0.05) is 6.04 Å². The summed E-state index contributed by atoms with van der Waals surface area (Å²) in [6.45, 7) is 8.17. The van der Waals surface area contributed by atoms with E-state index >= 15 is 0 Å². The third-order valence-corrected chi connectivity index (χ3v) is 2.36. The topological polar surface area (TPSA) is 86.6 Å². The molecule has 1 heterocycles. The summed E-state index contributed by atoms with van der Waals surface area (Å²) in [5.41, 5.74) is 0.459. The van der Waals surface area contributed by atoms with Gasteiger partial charge >= 0.3 is 10.4 Å². The molecule has 3 N–H and O–H groups in total. The highest BCUT2D eigenvalue weighted by Gasteiger charge is 2.25. The van der Waals surface area contributed by atoms with Gasteiger partial charge in [-0.1, -0.05) is 27.2 Å². The van der Waals surface area contributed by atoms with Crippen molar-refractivity contribution in [2.75, 3.05) is 6.54 Å². The number of hydrogen-bond acceptors (Lipinski definition) is 3. The molecule has 1 saturated heterocycles. The maximum atomic E-state index is 8.74. The molecule has 0 amide bonds. The first kappa shape index (κ1) is 14.8. The minimum atomic E-state index is -4.67. The zero-order valence-electron chi connectivity index (χ0n) is 9.52. The molecule has 1 aliphatic heterocycles. The van der Waals surface area contributed by atoms with Crippen molar-refractivity contribution in [1.82, 2.24) is 5.32 Å². The smallest absolute Gasteiger partial charge is 0.313 e. The van der Waals surface area contributed by atoms with Crippen LogP contribution < -0.4 is 5.32 Å². The van der Waals surface area contributed by atoms with Gasteiger partial charge in [0.05, 0.1) is 0 Å². The van der Waals surface area contributed by atoms with Gasteiger partial charge in [0.2, 0.25) is 0 Å². The molecule has 92 valence electrons. The van der Waals surface area contributed by atoms with Crippen LogP contribution in [0.15, 0.2) is 0 Å². The Bertz CT molecular complexity index is 254. The minimum Gasteiger partial charge on any atom is -0.313 e. The first-order valence-electron chi connectivity index (χ1n) is 5.04. The molecule has 0 radical (unpaired) electrons. The van der Waals surface area contributed by atoms with Crippen LogP contribution in [0.5, 0.6) is 0 Å². The van der Waals surface area contributed by atoms with E-state index in [2.05, 4.69) is 26.1 Å². The molecular formula is C9H21NO4S. The molecule has 1 rings (SSSR count). The maximum absolute atomic E-state index is 8.74. The summed E-state index contributed by atoms with van der Waals surface area (Å²) >= 11 is 0. The SMILES string of the molecule is CC(C)(C)C1CCCCN1.O=S(=O)(O)O. The lowest BCUT2D eigenvalue weighted by atomic mass is 9.82. The Morgan fingerprint density at radius 1 is 1.20 bits per heavy atom. The van der Waals surface area contributed by atoms with Crippen LogP contribution in [0.25, 0.3) is 0 Å². The van der Waals surface area contributed by atoms with E-state index in [-0.39, 0.29) is 0 Å². The molecule has 0 aromatic rings. The standard InChI is InChI=1S/C9H19N.H2O4S/c1-9(2,3)8-6-4-5-7-10-8;1-5(2,3)4/h8,10H,4-7H2,1-3H3;(H2,1,2,3,4). The molecule has 0 aliphatic carbocycles. The molecular weight excluding hydrogens is 218 g/mol. The Morgan fingerprint density at radius 3 is 1.87 bits per heavy atom. The Kier molecular flexibility index (Phi) is 5.72. The Balaban J connectivity index is 0.000000336. The third-order valence-electron chi connectivity index (χ3n) is 2.36. The summed E-state index contributed by atoms with van der Waals surface area (Å²) in [6.07, 6.45) is 4.14. The highest BCUT2D eigenvalue weighted by Crippen LogP contribution is 2.25. The lowest BCUT2D eigenvalue weighted by Gasteiger charge is -2.34. The van der Waals surface area contributed by atoms with Crippen LogP contribution in [0.4, 0.5) is 0 Å². The van der Waals surface area contributed by atoms with Crippen molar-refractivity contribution in [3.8, 4) is 0 Å². The van der Waals surface area contributed by atoms with E-state index in [4.69, 9.17) is 17.5 Å². The largest absolute Gasteiger partial charge is 0.394 e. The molecule has 0 spiro atoms. The predicted octanol–water partition coefficient (Wildman–Crippen LogP) is 1.52. The van der Waals surface area contributed by atoms with Crippen LogP contribution in [0.1, 0.15) is 40.0 Å². The van der Waals surface area contributed by atoms with Gasteiger partial charge in [-0.2, -0.15) is 8.42 Å². The average molecular weight is 239 g/mol. The predicted molar refractivity (Wildman–Crippen MR) is 59.3 cm³/mol. The zero-order chi connectivity index (χ0) is 12.1. The fraction of sp³-hybridized carbons (Fsp3) is 1.00. The maximum Gasteiger partial charge on any atom is 0.394 e. The lowest BCUT2D eigenvalue weighted by molar-refractivity contribution is 0.226. The monoisotopic (exact) mass is 239 g/mol. The number of hydrogen-bond donors (Lipinski definition) is 3. The van der Waals surface area contributed by atoms with Gasteiger partial charge in [0.15, 0.2) is 0 Å². The van der Waals surface area contributed by atoms with Gasteiger partial charge in [-0.15, -0.1) is 0 Å². The van der Waals surface area contributed by atoms with Crippen LogP contribution >= 0.6 is 0 Å². The van der Waals surface area contributed by atoms with E-state index in [9.17, 15) is 0 Å². The first-order valence-corrected chi connectivity index (χ1v) is 6.43. The lowest BCUT2D eigenvalue weighted by Crippen LogP contribution is -2.43. The molecule has 0 bridgehead atoms. The van der Waals surface area contributed by atoms with E-state index in [0.29, 0.717) is 5.41 Å². The molecule has 1 fully saturated rings. The van der Waals surface area contributed by atoms with Crippen molar-refractivity contribution in [3.05, 3.63) is 0 Å². The van der Waals surface area contributed by atoms with E-state index in [1.54, 1.807) is 0 Å².